The van der Waals surface area contributed by atoms with Gasteiger partial charge in [-0.2, -0.15) is 0 Å². The highest BCUT2D eigenvalue weighted by Gasteiger charge is 2.28. The molecule has 3 N–H and O–H groups in total. The lowest BCUT2D eigenvalue weighted by molar-refractivity contribution is -0.146. The smallest absolute Gasteiger partial charge is 0.328 e. The van der Waals surface area contributed by atoms with Gasteiger partial charge in [-0.1, -0.05) is 48.5 Å². The molecule has 1 amide bonds. The van der Waals surface area contributed by atoms with Gasteiger partial charge in [-0.25, -0.2) is 4.79 Å². The van der Waals surface area contributed by atoms with Gasteiger partial charge in [0.1, 0.15) is 17.8 Å². The van der Waals surface area contributed by atoms with Crippen LogP contribution in [0.1, 0.15) is 12.0 Å². The zero-order chi connectivity index (χ0) is 20.4. The number of nitrogens with one attached hydrogen (secondary N) is 2. The highest BCUT2D eigenvalue weighted by molar-refractivity contribution is 5.90. The van der Waals surface area contributed by atoms with Crippen molar-refractivity contribution in [3.05, 3.63) is 66.2 Å². The predicted molar refractivity (Wildman–Crippen MR) is 100 cm³/mol. The number of esters is 1. The second kappa shape index (κ2) is 10.7. The molecule has 0 fully saturated rings. The van der Waals surface area contributed by atoms with E-state index in [1.54, 1.807) is 30.3 Å². The van der Waals surface area contributed by atoms with Crippen LogP contribution in [0.3, 0.4) is 0 Å². The van der Waals surface area contributed by atoms with E-state index in [0.717, 1.165) is 5.56 Å². The predicted octanol–water partition coefficient (Wildman–Crippen LogP) is 1.31. The number of carboxylic acid groups (broad SMARTS) is 1. The zero-order valence-corrected chi connectivity index (χ0v) is 15.3. The van der Waals surface area contributed by atoms with Crippen molar-refractivity contribution < 1.29 is 29.1 Å². The minimum absolute atomic E-state index is 0.207. The molecule has 2 aromatic rings. The maximum atomic E-state index is 12.6. The van der Waals surface area contributed by atoms with E-state index in [0.29, 0.717) is 5.75 Å². The van der Waals surface area contributed by atoms with Crippen molar-refractivity contribution in [2.24, 2.45) is 0 Å². The van der Waals surface area contributed by atoms with Gasteiger partial charge in [0.05, 0.1) is 13.5 Å². The fourth-order valence-electron chi connectivity index (χ4n) is 2.45. The van der Waals surface area contributed by atoms with Gasteiger partial charge in [-0.05, 0) is 17.7 Å². The molecule has 0 saturated carbocycles. The molecule has 0 aromatic heterocycles. The summed E-state index contributed by atoms with van der Waals surface area (Å²) in [6, 6.07) is 15.5. The van der Waals surface area contributed by atoms with Crippen LogP contribution in [0.2, 0.25) is 0 Å². The molecule has 2 atom stereocenters. The standard InChI is InChI=1S/C20H22N2O6/c1-27-20(26)17(12-14-8-4-2-5-9-14)21-19(25)16(13-18(23)24)22-28-15-10-6-3-7-11-15/h2-11,16-17,22H,12-13H2,1H3,(H,21,25)(H,23,24)/t16-,17-/m0/s1. The first kappa shape index (κ1) is 20.9. The number of hydrogen-bond acceptors (Lipinski definition) is 6. The Kier molecular flexibility index (Phi) is 7.98. The molecule has 2 aromatic carbocycles. The Morgan fingerprint density at radius 2 is 1.57 bits per heavy atom. The third-order valence-corrected chi connectivity index (χ3v) is 3.84. The number of carbonyl (C=O) groups is 3. The van der Waals surface area contributed by atoms with Gasteiger partial charge in [0.15, 0.2) is 0 Å². The van der Waals surface area contributed by atoms with Gasteiger partial charge >= 0.3 is 11.9 Å². The van der Waals surface area contributed by atoms with E-state index >= 15 is 0 Å². The van der Waals surface area contributed by atoms with Gasteiger partial charge in [0.25, 0.3) is 0 Å². The number of carboxylic acids is 1. The van der Waals surface area contributed by atoms with Gasteiger partial charge in [0.2, 0.25) is 5.91 Å². The number of benzene rings is 2. The number of rotatable bonds is 10. The van der Waals surface area contributed by atoms with Gasteiger partial charge in [-0.3, -0.25) is 9.59 Å². The summed E-state index contributed by atoms with van der Waals surface area (Å²) in [6.07, 6.45) is -0.323. The Morgan fingerprint density at radius 1 is 0.964 bits per heavy atom. The Bertz CT molecular complexity index is 782. The number of aliphatic carboxylic acids is 1. The lowest BCUT2D eigenvalue weighted by atomic mass is 10.1. The SMILES string of the molecule is COC(=O)[C@H](Cc1ccccc1)NC(=O)[C@H](CC(=O)O)NOc1ccccc1. The molecule has 8 nitrogen and oxygen atoms in total. The van der Waals surface area contributed by atoms with Crippen LogP contribution in [0.5, 0.6) is 5.75 Å². The maximum Gasteiger partial charge on any atom is 0.328 e. The highest BCUT2D eigenvalue weighted by Crippen LogP contribution is 2.09. The monoisotopic (exact) mass is 386 g/mol. The first-order valence-electron chi connectivity index (χ1n) is 8.61. The van der Waals surface area contributed by atoms with Crippen LogP contribution in [0.25, 0.3) is 0 Å². The molecular formula is C20H22N2O6. The van der Waals surface area contributed by atoms with Crippen molar-refractivity contribution in [3.8, 4) is 5.75 Å². The molecule has 0 spiro atoms. The molecule has 0 bridgehead atoms. The molecule has 2 rings (SSSR count). The van der Waals surface area contributed by atoms with Crippen molar-refractivity contribution >= 4 is 17.8 Å². The van der Waals surface area contributed by atoms with E-state index in [9.17, 15) is 14.4 Å². The summed E-state index contributed by atoms with van der Waals surface area (Å²) in [4.78, 5) is 41.1. The van der Waals surface area contributed by atoms with E-state index in [-0.39, 0.29) is 6.42 Å². The lowest BCUT2D eigenvalue weighted by Gasteiger charge is -2.21. The topological polar surface area (TPSA) is 114 Å². The second-order valence-electron chi connectivity index (χ2n) is 5.96. The van der Waals surface area contributed by atoms with Crippen LogP contribution in [-0.4, -0.2) is 42.1 Å². The summed E-state index contributed by atoms with van der Waals surface area (Å²) in [5, 5.41) is 11.6. The third-order valence-electron chi connectivity index (χ3n) is 3.84. The normalized spacial score (nSPS) is 12.5. The van der Waals surface area contributed by atoms with Crippen LogP contribution in [0.4, 0.5) is 0 Å². The average Bonchev–Trinajstić information content (AvgIpc) is 2.71. The summed E-state index contributed by atoms with van der Waals surface area (Å²) in [5.74, 6) is -2.10. The van der Waals surface area contributed by atoms with E-state index in [4.69, 9.17) is 14.7 Å². The summed E-state index contributed by atoms with van der Waals surface area (Å²) >= 11 is 0. The summed E-state index contributed by atoms with van der Waals surface area (Å²) in [6.45, 7) is 0. The molecular weight excluding hydrogens is 364 g/mol. The minimum Gasteiger partial charge on any atom is -0.481 e. The van der Waals surface area contributed by atoms with E-state index < -0.39 is 36.4 Å². The maximum absolute atomic E-state index is 12.6. The lowest BCUT2D eigenvalue weighted by Crippen LogP contribution is -2.52. The van der Waals surface area contributed by atoms with Crippen LogP contribution in [-0.2, 0) is 25.5 Å². The Balaban J connectivity index is 2.06. The van der Waals surface area contributed by atoms with Crippen LogP contribution >= 0.6 is 0 Å². The number of hydroxylamine groups is 1. The van der Waals surface area contributed by atoms with Gasteiger partial charge < -0.3 is 20.0 Å². The molecule has 0 aliphatic rings. The van der Waals surface area contributed by atoms with Gasteiger partial charge in [-0.15, -0.1) is 5.48 Å². The number of ether oxygens (including phenoxy) is 1. The molecule has 0 unspecified atom stereocenters. The molecule has 0 heterocycles. The fraction of sp³-hybridized carbons (Fsp3) is 0.250. The Labute approximate surface area is 162 Å². The van der Waals surface area contributed by atoms with Crippen LogP contribution in [0.15, 0.2) is 60.7 Å². The van der Waals surface area contributed by atoms with Gasteiger partial charge in [0, 0.05) is 6.42 Å². The number of hydrogen-bond donors (Lipinski definition) is 3. The number of amides is 1. The first-order valence-corrected chi connectivity index (χ1v) is 8.61. The fourth-order valence-corrected chi connectivity index (χ4v) is 2.45. The zero-order valence-electron chi connectivity index (χ0n) is 15.3. The average molecular weight is 386 g/mol. The van der Waals surface area contributed by atoms with Crippen LogP contribution < -0.4 is 15.6 Å². The summed E-state index contributed by atoms with van der Waals surface area (Å²) in [5.41, 5.74) is 3.27. The molecule has 8 heteroatoms. The number of para-hydroxylation sites is 1. The third kappa shape index (κ3) is 6.73. The van der Waals surface area contributed by atoms with Crippen LogP contribution in [0, 0.1) is 0 Å². The molecule has 0 saturated heterocycles. The van der Waals surface area contributed by atoms with Crippen molar-refractivity contribution in [1.82, 2.24) is 10.8 Å². The quantitative estimate of drug-likeness (QED) is 0.417. The van der Waals surface area contributed by atoms with E-state index in [1.807, 2.05) is 30.3 Å². The number of carbonyl (C=O) groups excluding carboxylic acids is 2. The van der Waals surface area contributed by atoms with E-state index in [2.05, 4.69) is 10.8 Å². The molecule has 28 heavy (non-hydrogen) atoms. The van der Waals surface area contributed by atoms with Crippen molar-refractivity contribution in [2.45, 2.75) is 24.9 Å². The largest absolute Gasteiger partial charge is 0.481 e. The second-order valence-corrected chi connectivity index (χ2v) is 5.96. The minimum atomic E-state index is -1.21. The summed E-state index contributed by atoms with van der Waals surface area (Å²) in [7, 11) is 1.22. The molecule has 148 valence electrons. The molecule has 0 radical (unpaired) electrons. The van der Waals surface area contributed by atoms with Crippen molar-refractivity contribution in [1.29, 1.82) is 0 Å². The Hall–Kier alpha value is -3.39. The molecule has 0 aliphatic heterocycles. The van der Waals surface area contributed by atoms with Crippen molar-refractivity contribution in [2.75, 3.05) is 7.11 Å². The van der Waals surface area contributed by atoms with E-state index in [1.165, 1.54) is 7.11 Å². The van der Waals surface area contributed by atoms with Crippen molar-refractivity contribution in [3.63, 3.8) is 0 Å². The first-order chi connectivity index (χ1) is 13.5. The molecule has 0 aliphatic carbocycles. The highest BCUT2D eigenvalue weighted by atomic mass is 16.6. The number of methoxy groups -OCH3 is 1. The summed E-state index contributed by atoms with van der Waals surface area (Å²) < 4.78 is 4.75. The Morgan fingerprint density at radius 3 is 2.14 bits per heavy atom.